The van der Waals surface area contributed by atoms with Crippen LogP contribution in [0.1, 0.15) is 26.7 Å². The van der Waals surface area contributed by atoms with Crippen LogP contribution in [0.25, 0.3) is 5.52 Å². The van der Waals surface area contributed by atoms with Crippen molar-refractivity contribution >= 4 is 17.3 Å². The van der Waals surface area contributed by atoms with Gasteiger partial charge in [0.25, 0.3) is 11.8 Å². The zero-order valence-corrected chi connectivity index (χ0v) is 16.8. The van der Waals surface area contributed by atoms with Crippen molar-refractivity contribution in [3.8, 4) is 5.75 Å². The number of benzene rings is 1. The maximum atomic E-state index is 12.8. The lowest BCUT2D eigenvalue weighted by Gasteiger charge is -2.09. The van der Waals surface area contributed by atoms with Crippen LogP contribution in [-0.2, 0) is 6.54 Å². The van der Waals surface area contributed by atoms with E-state index in [-0.39, 0.29) is 29.9 Å². The van der Waals surface area contributed by atoms with Gasteiger partial charge in [0.2, 0.25) is 5.82 Å². The number of amides is 2. The van der Waals surface area contributed by atoms with Gasteiger partial charge in [-0.05, 0) is 32.3 Å². The highest BCUT2D eigenvalue weighted by Crippen LogP contribution is 2.17. The van der Waals surface area contributed by atoms with E-state index in [0.29, 0.717) is 24.4 Å². The SMILES string of the molecule is COc1ccccc1CNC(=O)c1nc(C(=O)NCCN(C)C)c2ccccn12. The minimum absolute atomic E-state index is 0.160. The fourth-order valence-corrected chi connectivity index (χ4v) is 2.95. The number of hydrogen-bond acceptors (Lipinski definition) is 5. The van der Waals surface area contributed by atoms with E-state index < -0.39 is 0 Å². The predicted octanol–water partition coefficient (Wildman–Crippen LogP) is 1.56. The molecule has 0 radical (unpaired) electrons. The standard InChI is InChI=1S/C21H25N5O3/c1-25(2)13-11-22-20(27)18-16-9-6-7-12-26(16)19(24-18)21(28)23-14-15-8-4-5-10-17(15)29-3/h4-10,12H,11,13-14H2,1-3H3,(H,22,27)(H,23,28). The number of ether oxygens (including phenoxy) is 1. The molecule has 0 saturated carbocycles. The molecular weight excluding hydrogens is 370 g/mol. The maximum Gasteiger partial charge on any atom is 0.287 e. The molecule has 1 aromatic carbocycles. The van der Waals surface area contributed by atoms with E-state index in [9.17, 15) is 9.59 Å². The molecule has 2 heterocycles. The Morgan fingerprint density at radius 2 is 1.83 bits per heavy atom. The van der Waals surface area contributed by atoms with Gasteiger partial charge in [0, 0.05) is 31.4 Å². The van der Waals surface area contributed by atoms with Gasteiger partial charge in [0.1, 0.15) is 5.75 Å². The van der Waals surface area contributed by atoms with Crippen LogP contribution in [0, 0.1) is 0 Å². The van der Waals surface area contributed by atoms with Crippen molar-refractivity contribution in [3.63, 3.8) is 0 Å². The van der Waals surface area contributed by atoms with Crippen molar-refractivity contribution in [1.29, 1.82) is 0 Å². The minimum Gasteiger partial charge on any atom is -0.496 e. The second-order valence-corrected chi connectivity index (χ2v) is 6.79. The Hall–Kier alpha value is -3.39. The van der Waals surface area contributed by atoms with Crippen LogP contribution in [0.15, 0.2) is 48.7 Å². The van der Waals surface area contributed by atoms with E-state index in [1.54, 1.807) is 29.8 Å². The number of rotatable bonds is 8. The molecule has 0 saturated heterocycles. The number of nitrogens with one attached hydrogen (secondary N) is 2. The van der Waals surface area contributed by atoms with E-state index >= 15 is 0 Å². The van der Waals surface area contributed by atoms with E-state index in [0.717, 1.165) is 5.56 Å². The van der Waals surface area contributed by atoms with Crippen molar-refractivity contribution in [2.24, 2.45) is 0 Å². The molecule has 2 N–H and O–H groups in total. The zero-order valence-electron chi connectivity index (χ0n) is 16.8. The molecule has 0 aliphatic carbocycles. The number of likely N-dealkylation sites (N-methyl/N-ethyl adjacent to an activating group) is 1. The number of pyridine rings is 1. The Labute approximate surface area is 169 Å². The van der Waals surface area contributed by atoms with Crippen molar-refractivity contribution in [2.45, 2.75) is 6.54 Å². The highest BCUT2D eigenvalue weighted by atomic mass is 16.5. The van der Waals surface area contributed by atoms with Crippen LogP contribution >= 0.6 is 0 Å². The molecule has 0 spiro atoms. The average molecular weight is 395 g/mol. The van der Waals surface area contributed by atoms with Crippen LogP contribution < -0.4 is 15.4 Å². The Balaban J connectivity index is 1.80. The third-order valence-corrected chi connectivity index (χ3v) is 4.44. The van der Waals surface area contributed by atoms with E-state index in [4.69, 9.17) is 4.74 Å². The fourth-order valence-electron chi connectivity index (χ4n) is 2.95. The molecule has 2 amide bonds. The second kappa shape index (κ2) is 9.20. The summed E-state index contributed by atoms with van der Waals surface area (Å²) in [5.74, 6) is 0.179. The number of para-hydroxylation sites is 1. The van der Waals surface area contributed by atoms with Crippen LogP contribution in [0.3, 0.4) is 0 Å². The quantitative estimate of drug-likeness (QED) is 0.604. The summed E-state index contributed by atoms with van der Waals surface area (Å²) in [5.41, 5.74) is 1.66. The van der Waals surface area contributed by atoms with Crippen molar-refractivity contribution in [1.82, 2.24) is 24.9 Å². The van der Waals surface area contributed by atoms with Gasteiger partial charge in [-0.15, -0.1) is 0 Å². The first kappa shape index (κ1) is 20.3. The number of nitrogens with zero attached hydrogens (tertiary/aromatic N) is 3. The maximum absolute atomic E-state index is 12.8. The molecule has 2 aromatic heterocycles. The predicted molar refractivity (Wildman–Crippen MR) is 110 cm³/mol. The molecule has 29 heavy (non-hydrogen) atoms. The van der Waals surface area contributed by atoms with Gasteiger partial charge in [-0.3, -0.25) is 14.0 Å². The summed E-state index contributed by atoms with van der Waals surface area (Å²) in [6.45, 7) is 1.49. The van der Waals surface area contributed by atoms with Crippen LogP contribution in [-0.4, -0.2) is 60.4 Å². The number of imidazole rings is 1. The van der Waals surface area contributed by atoms with Gasteiger partial charge in [-0.25, -0.2) is 4.98 Å². The number of carbonyl (C=O) groups excluding carboxylic acids is 2. The summed E-state index contributed by atoms with van der Waals surface area (Å²) >= 11 is 0. The summed E-state index contributed by atoms with van der Waals surface area (Å²) in [7, 11) is 5.45. The molecule has 0 aliphatic heterocycles. The fraction of sp³-hybridized carbons (Fsp3) is 0.286. The van der Waals surface area contributed by atoms with Gasteiger partial charge in [-0.1, -0.05) is 24.3 Å². The minimum atomic E-state index is -0.371. The molecule has 0 bridgehead atoms. The van der Waals surface area contributed by atoms with Gasteiger partial charge in [0.05, 0.1) is 12.6 Å². The number of fused-ring (bicyclic) bond motifs is 1. The van der Waals surface area contributed by atoms with Crippen molar-refractivity contribution < 1.29 is 14.3 Å². The molecule has 0 unspecified atom stereocenters. The van der Waals surface area contributed by atoms with Crippen molar-refractivity contribution in [2.75, 3.05) is 34.3 Å². The smallest absolute Gasteiger partial charge is 0.287 e. The molecule has 3 rings (SSSR count). The second-order valence-electron chi connectivity index (χ2n) is 6.79. The summed E-state index contributed by atoms with van der Waals surface area (Å²) < 4.78 is 6.94. The number of aromatic nitrogens is 2. The zero-order chi connectivity index (χ0) is 20.8. The Bertz CT molecular complexity index is 1010. The monoisotopic (exact) mass is 395 g/mol. The topological polar surface area (TPSA) is 88.0 Å². The highest BCUT2D eigenvalue weighted by Gasteiger charge is 2.21. The van der Waals surface area contributed by atoms with E-state index in [1.807, 2.05) is 49.3 Å². The summed E-state index contributed by atoms with van der Waals surface area (Å²) in [5, 5.41) is 5.69. The largest absolute Gasteiger partial charge is 0.496 e. The molecule has 0 atom stereocenters. The Morgan fingerprint density at radius 3 is 2.59 bits per heavy atom. The summed E-state index contributed by atoms with van der Waals surface area (Å²) in [6, 6.07) is 12.8. The molecular formula is C21H25N5O3. The Kier molecular flexibility index (Phi) is 6.46. The van der Waals surface area contributed by atoms with E-state index in [1.165, 1.54) is 0 Å². The lowest BCUT2D eigenvalue weighted by Crippen LogP contribution is -2.31. The highest BCUT2D eigenvalue weighted by molar-refractivity contribution is 6.02. The van der Waals surface area contributed by atoms with Crippen LogP contribution in [0.5, 0.6) is 5.75 Å². The summed E-state index contributed by atoms with van der Waals surface area (Å²) in [4.78, 5) is 31.7. The van der Waals surface area contributed by atoms with Crippen LogP contribution in [0.2, 0.25) is 0 Å². The molecule has 0 aliphatic rings. The molecule has 8 heteroatoms. The molecule has 0 fully saturated rings. The lowest BCUT2D eigenvalue weighted by atomic mass is 10.2. The number of methoxy groups -OCH3 is 1. The molecule has 8 nitrogen and oxygen atoms in total. The van der Waals surface area contributed by atoms with Gasteiger partial charge >= 0.3 is 0 Å². The average Bonchev–Trinajstić information content (AvgIpc) is 3.12. The lowest BCUT2D eigenvalue weighted by molar-refractivity contribution is 0.0939. The van der Waals surface area contributed by atoms with Crippen molar-refractivity contribution in [3.05, 3.63) is 65.7 Å². The van der Waals surface area contributed by atoms with Crippen LogP contribution in [0.4, 0.5) is 0 Å². The first-order valence-electron chi connectivity index (χ1n) is 9.31. The third-order valence-electron chi connectivity index (χ3n) is 4.44. The number of carbonyl (C=O) groups is 2. The Morgan fingerprint density at radius 1 is 1.07 bits per heavy atom. The molecule has 152 valence electrons. The van der Waals surface area contributed by atoms with Gasteiger partial charge in [0.15, 0.2) is 5.69 Å². The number of hydrogen-bond donors (Lipinski definition) is 2. The van der Waals surface area contributed by atoms with E-state index in [2.05, 4.69) is 15.6 Å². The van der Waals surface area contributed by atoms with Gasteiger partial charge in [-0.2, -0.15) is 0 Å². The normalized spacial score (nSPS) is 10.9. The summed E-state index contributed by atoms with van der Waals surface area (Å²) in [6.07, 6.45) is 1.72. The molecule has 3 aromatic rings. The first-order chi connectivity index (χ1) is 14.0. The first-order valence-corrected chi connectivity index (χ1v) is 9.31. The third kappa shape index (κ3) is 4.72. The van der Waals surface area contributed by atoms with Gasteiger partial charge < -0.3 is 20.3 Å².